The molecule has 0 aliphatic rings. The minimum absolute atomic E-state index is 0.316. The van der Waals surface area contributed by atoms with Crippen LogP contribution in [0.1, 0.15) is 16.7 Å². The van der Waals surface area contributed by atoms with E-state index in [9.17, 15) is 17.2 Å². The van der Waals surface area contributed by atoms with Crippen LogP contribution in [0.5, 0.6) is 0 Å². The van der Waals surface area contributed by atoms with Crippen LogP contribution in [-0.2, 0) is 22.8 Å². The number of aliphatic imine (C=N–C) groups is 1. The number of hydrogen-bond donors (Lipinski definition) is 2. The predicted molar refractivity (Wildman–Crippen MR) is 103 cm³/mol. The van der Waals surface area contributed by atoms with E-state index in [1.54, 1.807) is 26.1 Å². The number of aryl methyl sites for hydroxylation is 1. The fraction of sp³-hybridized carbons (Fsp3) is 0.316. The molecule has 0 saturated heterocycles. The van der Waals surface area contributed by atoms with Crippen LogP contribution in [-0.4, -0.2) is 34.2 Å². The van der Waals surface area contributed by atoms with E-state index in [0.29, 0.717) is 41.5 Å². The maximum Gasteiger partial charge on any atom is 0.191 e. The summed E-state index contributed by atoms with van der Waals surface area (Å²) in [6, 6.07) is 8.59. The average Bonchev–Trinajstić information content (AvgIpc) is 2.56. The molecular formula is C19H23F2N3O2S. The third-order valence-electron chi connectivity index (χ3n) is 3.95. The molecule has 0 unspecified atom stereocenters. The molecule has 0 amide bonds. The normalized spacial score (nSPS) is 12.1. The molecule has 0 bridgehead atoms. The van der Waals surface area contributed by atoms with Crippen LogP contribution in [0, 0.1) is 18.6 Å². The molecule has 0 spiro atoms. The summed E-state index contributed by atoms with van der Waals surface area (Å²) in [5, 5.41) is 6.20. The number of halogens is 2. The number of rotatable bonds is 6. The fourth-order valence-corrected chi connectivity index (χ4v) is 3.68. The maximum absolute atomic E-state index is 13.2. The first-order valence-electron chi connectivity index (χ1n) is 8.38. The molecule has 0 aromatic heterocycles. The van der Waals surface area contributed by atoms with E-state index in [4.69, 9.17) is 0 Å². The molecular weight excluding hydrogens is 372 g/mol. The molecule has 0 heterocycles. The molecule has 2 rings (SSSR count). The van der Waals surface area contributed by atoms with Gasteiger partial charge in [0.25, 0.3) is 0 Å². The summed E-state index contributed by atoms with van der Waals surface area (Å²) in [4.78, 5) is 4.41. The van der Waals surface area contributed by atoms with Gasteiger partial charge in [0.1, 0.15) is 11.6 Å². The van der Waals surface area contributed by atoms with Gasteiger partial charge in [0.05, 0.1) is 4.90 Å². The first-order chi connectivity index (χ1) is 12.7. The lowest BCUT2D eigenvalue weighted by Gasteiger charge is -2.13. The van der Waals surface area contributed by atoms with Gasteiger partial charge in [0.15, 0.2) is 15.8 Å². The summed E-state index contributed by atoms with van der Waals surface area (Å²) in [6.45, 7) is 2.67. The zero-order chi connectivity index (χ0) is 20.0. The van der Waals surface area contributed by atoms with Crippen LogP contribution >= 0.6 is 0 Å². The Balaban J connectivity index is 1.89. The van der Waals surface area contributed by atoms with Gasteiger partial charge >= 0.3 is 0 Å². The molecule has 0 fully saturated rings. The minimum Gasteiger partial charge on any atom is -0.356 e. The highest BCUT2D eigenvalue weighted by Crippen LogP contribution is 2.16. The number of nitrogens with zero attached hydrogens (tertiary/aromatic N) is 1. The van der Waals surface area contributed by atoms with Crippen LogP contribution in [0.2, 0.25) is 0 Å². The Bertz CT molecular complexity index is 924. The van der Waals surface area contributed by atoms with E-state index in [1.807, 2.05) is 6.07 Å². The topological polar surface area (TPSA) is 70.6 Å². The largest absolute Gasteiger partial charge is 0.356 e. The Morgan fingerprint density at radius 1 is 1.04 bits per heavy atom. The quantitative estimate of drug-likeness (QED) is 0.583. The Kier molecular flexibility index (Phi) is 6.90. The summed E-state index contributed by atoms with van der Waals surface area (Å²) < 4.78 is 49.7. The number of hydrogen-bond acceptors (Lipinski definition) is 3. The lowest BCUT2D eigenvalue weighted by atomic mass is 10.1. The molecule has 0 aliphatic carbocycles. The van der Waals surface area contributed by atoms with Gasteiger partial charge in [0.2, 0.25) is 0 Å². The highest BCUT2D eigenvalue weighted by atomic mass is 32.2. The number of guanidine groups is 1. The number of nitrogens with one attached hydrogen (secondary N) is 2. The van der Waals surface area contributed by atoms with Crippen molar-refractivity contribution in [1.82, 2.24) is 10.6 Å². The van der Waals surface area contributed by atoms with E-state index in [-0.39, 0.29) is 0 Å². The number of benzene rings is 2. The SMILES string of the molecule is CN=C(NCCc1cc(F)cc(F)c1)NCc1ccc(S(C)(=O)=O)c(C)c1. The van der Waals surface area contributed by atoms with Gasteiger partial charge in [-0.15, -0.1) is 0 Å². The van der Waals surface area contributed by atoms with E-state index in [2.05, 4.69) is 15.6 Å². The van der Waals surface area contributed by atoms with Crippen LogP contribution in [0.25, 0.3) is 0 Å². The molecule has 146 valence electrons. The fourth-order valence-electron chi connectivity index (χ4n) is 2.72. The van der Waals surface area contributed by atoms with E-state index < -0.39 is 21.5 Å². The van der Waals surface area contributed by atoms with Crippen molar-refractivity contribution < 1.29 is 17.2 Å². The van der Waals surface area contributed by atoms with Gasteiger partial charge < -0.3 is 10.6 Å². The predicted octanol–water partition coefficient (Wildman–Crippen LogP) is 2.58. The number of sulfone groups is 1. The third-order valence-corrected chi connectivity index (χ3v) is 5.21. The van der Waals surface area contributed by atoms with Gasteiger partial charge in [0, 0.05) is 32.5 Å². The molecule has 27 heavy (non-hydrogen) atoms. The highest BCUT2D eigenvalue weighted by molar-refractivity contribution is 7.90. The summed E-state index contributed by atoms with van der Waals surface area (Å²) in [6.07, 6.45) is 1.63. The van der Waals surface area contributed by atoms with Gasteiger partial charge in [-0.2, -0.15) is 0 Å². The summed E-state index contributed by atoms with van der Waals surface area (Å²) in [5.41, 5.74) is 2.16. The molecule has 0 saturated carbocycles. The van der Waals surface area contributed by atoms with Gasteiger partial charge in [-0.3, -0.25) is 4.99 Å². The van der Waals surface area contributed by atoms with Crippen LogP contribution < -0.4 is 10.6 Å². The zero-order valence-corrected chi connectivity index (χ0v) is 16.3. The third kappa shape index (κ3) is 6.32. The highest BCUT2D eigenvalue weighted by Gasteiger charge is 2.11. The van der Waals surface area contributed by atoms with Crippen LogP contribution in [0.15, 0.2) is 46.3 Å². The van der Waals surface area contributed by atoms with Crippen LogP contribution in [0.4, 0.5) is 8.78 Å². The van der Waals surface area contributed by atoms with Gasteiger partial charge in [-0.25, -0.2) is 17.2 Å². The standard InChI is InChI=1S/C19H23F2N3O2S/c1-13-8-15(4-5-18(13)27(3,25)26)12-24-19(22-2)23-7-6-14-9-16(20)11-17(21)10-14/h4-5,8-11H,6-7,12H2,1-3H3,(H2,22,23,24). The lowest BCUT2D eigenvalue weighted by Crippen LogP contribution is -2.37. The van der Waals surface area contributed by atoms with E-state index in [1.165, 1.54) is 18.4 Å². The Morgan fingerprint density at radius 2 is 1.70 bits per heavy atom. The first-order valence-corrected chi connectivity index (χ1v) is 10.3. The second-order valence-electron chi connectivity index (χ2n) is 6.25. The van der Waals surface area contributed by atoms with Crippen molar-refractivity contribution in [3.05, 3.63) is 64.7 Å². The van der Waals surface area contributed by atoms with E-state index in [0.717, 1.165) is 11.6 Å². The molecule has 2 aromatic carbocycles. The molecule has 0 atom stereocenters. The van der Waals surface area contributed by atoms with Crippen molar-refractivity contribution >= 4 is 15.8 Å². The second-order valence-corrected chi connectivity index (χ2v) is 8.24. The lowest BCUT2D eigenvalue weighted by molar-refractivity contribution is 0.579. The summed E-state index contributed by atoms with van der Waals surface area (Å²) >= 11 is 0. The summed E-state index contributed by atoms with van der Waals surface area (Å²) in [7, 11) is -1.62. The summed E-state index contributed by atoms with van der Waals surface area (Å²) in [5.74, 6) is -0.655. The second kappa shape index (κ2) is 8.94. The van der Waals surface area contributed by atoms with Crippen molar-refractivity contribution in [2.24, 2.45) is 4.99 Å². The maximum atomic E-state index is 13.2. The molecule has 0 radical (unpaired) electrons. The van der Waals surface area contributed by atoms with Crippen molar-refractivity contribution in [2.45, 2.75) is 24.8 Å². The van der Waals surface area contributed by atoms with Crippen molar-refractivity contribution in [2.75, 3.05) is 19.8 Å². The first kappa shape index (κ1) is 20.8. The van der Waals surface area contributed by atoms with Crippen molar-refractivity contribution in [3.63, 3.8) is 0 Å². The molecule has 2 N–H and O–H groups in total. The molecule has 2 aromatic rings. The molecule has 0 aliphatic heterocycles. The van der Waals surface area contributed by atoms with Crippen LogP contribution in [0.3, 0.4) is 0 Å². The van der Waals surface area contributed by atoms with Gasteiger partial charge in [-0.1, -0.05) is 12.1 Å². The monoisotopic (exact) mass is 395 g/mol. The molecule has 8 heteroatoms. The molecule has 5 nitrogen and oxygen atoms in total. The van der Waals surface area contributed by atoms with Crippen molar-refractivity contribution in [3.8, 4) is 0 Å². The Hall–Kier alpha value is -2.48. The van der Waals surface area contributed by atoms with Gasteiger partial charge in [-0.05, 0) is 48.2 Å². The minimum atomic E-state index is -3.24. The smallest absolute Gasteiger partial charge is 0.191 e. The Labute approximate surface area is 158 Å². The average molecular weight is 395 g/mol. The zero-order valence-electron chi connectivity index (χ0n) is 15.5. The van der Waals surface area contributed by atoms with E-state index >= 15 is 0 Å². The van der Waals surface area contributed by atoms with Crippen molar-refractivity contribution in [1.29, 1.82) is 0 Å². The Morgan fingerprint density at radius 3 is 2.26 bits per heavy atom.